The Balaban J connectivity index is 2.45. The maximum atomic E-state index is 11.5. The molecule has 1 aromatic rings. The Labute approximate surface area is 105 Å². The first-order valence-electron chi connectivity index (χ1n) is 5.37. The summed E-state index contributed by atoms with van der Waals surface area (Å²) in [4.78, 5) is 11.5. The van der Waals surface area contributed by atoms with Crippen molar-refractivity contribution in [3.63, 3.8) is 0 Å². The van der Waals surface area contributed by atoms with Crippen LogP contribution in [0.5, 0.6) is 0 Å². The standard InChI is InChI=1S/C12H18N2O2S/c1-4-9(2)14-11(15)13-8-12(3,16)10-5-6-17-7-10/h4-7,9,16H,1,8H2,2-3H3,(H2,13,14,15). The number of urea groups is 1. The van der Waals surface area contributed by atoms with Crippen LogP contribution in [0, 0.1) is 0 Å². The Morgan fingerprint density at radius 3 is 3.00 bits per heavy atom. The third kappa shape index (κ3) is 4.20. The van der Waals surface area contributed by atoms with E-state index in [1.165, 1.54) is 11.3 Å². The van der Waals surface area contributed by atoms with E-state index >= 15 is 0 Å². The Morgan fingerprint density at radius 1 is 1.76 bits per heavy atom. The molecule has 2 amide bonds. The molecule has 5 heteroatoms. The van der Waals surface area contributed by atoms with E-state index in [1.807, 2.05) is 23.8 Å². The molecule has 17 heavy (non-hydrogen) atoms. The predicted octanol–water partition coefficient (Wildman–Crippen LogP) is 1.83. The molecule has 1 heterocycles. The van der Waals surface area contributed by atoms with Gasteiger partial charge in [0.2, 0.25) is 0 Å². The number of carbonyl (C=O) groups is 1. The lowest BCUT2D eigenvalue weighted by Gasteiger charge is -2.23. The van der Waals surface area contributed by atoms with Gasteiger partial charge in [0.05, 0.1) is 6.54 Å². The molecule has 1 rings (SSSR count). The number of amides is 2. The quantitative estimate of drug-likeness (QED) is 0.702. The second kappa shape index (κ2) is 5.84. The van der Waals surface area contributed by atoms with Crippen molar-refractivity contribution in [3.05, 3.63) is 35.0 Å². The number of hydrogen-bond donors (Lipinski definition) is 3. The molecule has 0 aliphatic rings. The number of nitrogens with one attached hydrogen (secondary N) is 2. The van der Waals surface area contributed by atoms with Crippen LogP contribution in [0.4, 0.5) is 4.79 Å². The highest BCUT2D eigenvalue weighted by Crippen LogP contribution is 2.21. The molecule has 0 fully saturated rings. The van der Waals surface area contributed by atoms with Gasteiger partial charge in [0.15, 0.2) is 0 Å². The topological polar surface area (TPSA) is 61.4 Å². The first-order valence-corrected chi connectivity index (χ1v) is 6.32. The molecule has 94 valence electrons. The van der Waals surface area contributed by atoms with Gasteiger partial charge in [-0.25, -0.2) is 4.79 Å². The molecule has 3 N–H and O–H groups in total. The molecule has 0 aliphatic heterocycles. The first kappa shape index (κ1) is 13.7. The van der Waals surface area contributed by atoms with E-state index < -0.39 is 5.60 Å². The molecule has 4 nitrogen and oxygen atoms in total. The molecular formula is C12H18N2O2S. The summed E-state index contributed by atoms with van der Waals surface area (Å²) in [7, 11) is 0. The van der Waals surface area contributed by atoms with Crippen LogP contribution in [0.2, 0.25) is 0 Å². The Morgan fingerprint density at radius 2 is 2.47 bits per heavy atom. The van der Waals surface area contributed by atoms with Crippen molar-refractivity contribution in [2.24, 2.45) is 0 Å². The van der Waals surface area contributed by atoms with Crippen molar-refractivity contribution in [1.29, 1.82) is 0 Å². The van der Waals surface area contributed by atoms with Gasteiger partial charge in [-0.05, 0) is 36.2 Å². The Kier molecular flexibility index (Phi) is 4.72. The smallest absolute Gasteiger partial charge is 0.315 e. The lowest BCUT2D eigenvalue weighted by atomic mass is 9.99. The minimum Gasteiger partial charge on any atom is -0.384 e. The van der Waals surface area contributed by atoms with Gasteiger partial charge < -0.3 is 15.7 Å². The van der Waals surface area contributed by atoms with E-state index in [-0.39, 0.29) is 18.6 Å². The van der Waals surface area contributed by atoms with E-state index in [9.17, 15) is 9.90 Å². The zero-order chi connectivity index (χ0) is 12.9. The van der Waals surface area contributed by atoms with Crippen LogP contribution in [0.25, 0.3) is 0 Å². The van der Waals surface area contributed by atoms with Crippen molar-refractivity contribution in [1.82, 2.24) is 10.6 Å². The van der Waals surface area contributed by atoms with Crippen LogP contribution < -0.4 is 10.6 Å². The average molecular weight is 254 g/mol. The molecule has 2 atom stereocenters. The van der Waals surface area contributed by atoms with Gasteiger partial charge >= 0.3 is 6.03 Å². The maximum Gasteiger partial charge on any atom is 0.315 e. The molecule has 0 spiro atoms. The molecule has 0 aromatic carbocycles. The van der Waals surface area contributed by atoms with Crippen molar-refractivity contribution in [3.8, 4) is 0 Å². The number of thiophene rings is 1. The number of carbonyl (C=O) groups excluding carboxylic acids is 1. The van der Waals surface area contributed by atoms with E-state index in [4.69, 9.17) is 0 Å². The maximum absolute atomic E-state index is 11.5. The lowest BCUT2D eigenvalue weighted by Crippen LogP contribution is -2.45. The van der Waals surface area contributed by atoms with Crippen molar-refractivity contribution < 1.29 is 9.90 Å². The summed E-state index contributed by atoms with van der Waals surface area (Å²) in [6.45, 7) is 7.23. The fourth-order valence-corrected chi connectivity index (χ4v) is 2.02. The highest BCUT2D eigenvalue weighted by molar-refractivity contribution is 7.08. The molecule has 1 aromatic heterocycles. The first-order chi connectivity index (χ1) is 7.95. The van der Waals surface area contributed by atoms with Crippen LogP contribution in [-0.2, 0) is 5.60 Å². The normalized spacial score (nSPS) is 15.7. The second-order valence-electron chi connectivity index (χ2n) is 4.14. The number of rotatable bonds is 5. The van der Waals surface area contributed by atoms with Gasteiger partial charge in [-0.1, -0.05) is 6.08 Å². The summed E-state index contributed by atoms with van der Waals surface area (Å²) in [6, 6.07) is 1.44. The number of aliphatic hydroxyl groups is 1. The van der Waals surface area contributed by atoms with Gasteiger partial charge in [-0.2, -0.15) is 11.3 Å². The summed E-state index contributed by atoms with van der Waals surface area (Å²) in [5.41, 5.74) is -0.242. The summed E-state index contributed by atoms with van der Waals surface area (Å²) in [5.74, 6) is 0. The monoisotopic (exact) mass is 254 g/mol. The minimum atomic E-state index is -1.05. The Bertz CT molecular complexity index is 374. The van der Waals surface area contributed by atoms with Crippen LogP contribution in [0.3, 0.4) is 0 Å². The zero-order valence-corrected chi connectivity index (χ0v) is 10.9. The molecule has 2 unspecified atom stereocenters. The third-order valence-electron chi connectivity index (χ3n) is 2.45. The summed E-state index contributed by atoms with van der Waals surface area (Å²) < 4.78 is 0. The van der Waals surface area contributed by atoms with Crippen molar-refractivity contribution in [2.45, 2.75) is 25.5 Å². The fourth-order valence-electron chi connectivity index (χ4n) is 1.24. The summed E-state index contributed by atoms with van der Waals surface area (Å²) >= 11 is 1.51. The van der Waals surface area contributed by atoms with Gasteiger partial charge in [0.25, 0.3) is 0 Å². The van der Waals surface area contributed by atoms with E-state index in [0.29, 0.717) is 0 Å². The predicted molar refractivity (Wildman–Crippen MR) is 70.1 cm³/mol. The highest BCUT2D eigenvalue weighted by Gasteiger charge is 2.24. The van der Waals surface area contributed by atoms with Crippen molar-refractivity contribution in [2.75, 3.05) is 6.54 Å². The molecule has 0 bridgehead atoms. The lowest BCUT2D eigenvalue weighted by molar-refractivity contribution is 0.0598. The highest BCUT2D eigenvalue weighted by atomic mass is 32.1. The summed E-state index contributed by atoms with van der Waals surface area (Å²) in [6.07, 6.45) is 1.64. The van der Waals surface area contributed by atoms with Crippen LogP contribution in [-0.4, -0.2) is 23.7 Å². The Hall–Kier alpha value is -1.33. The molecule has 0 saturated carbocycles. The van der Waals surface area contributed by atoms with E-state index in [0.717, 1.165) is 5.56 Å². The van der Waals surface area contributed by atoms with Gasteiger partial charge in [0.1, 0.15) is 5.60 Å². The van der Waals surface area contributed by atoms with Crippen molar-refractivity contribution >= 4 is 17.4 Å². The van der Waals surface area contributed by atoms with Gasteiger partial charge in [0, 0.05) is 6.04 Å². The molecule has 0 saturated heterocycles. The second-order valence-corrected chi connectivity index (χ2v) is 4.92. The summed E-state index contributed by atoms with van der Waals surface area (Å²) in [5, 5.41) is 19.2. The fraction of sp³-hybridized carbons (Fsp3) is 0.417. The molecule has 0 radical (unpaired) electrons. The third-order valence-corrected chi connectivity index (χ3v) is 3.13. The average Bonchev–Trinajstić information content (AvgIpc) is 2.80. The van der Waals surface area contributed by atoms with Crippen LogP contribution in [0.1, 0.15) is 19.4 Å². The molecule has 0 aliphatic carbocycles. The largest absolute Gasteiger partial charge is 0.384 e. The van der Waals surface area contributed by atoms with Gasteiger partial charge in [-0.3, -0.25) is 0 Å². The minimum absolute atomic E-state index is 0.0962. The van der Waals surface area contributed by atoms with Crippen LogP contribution >= 0.6 is 11.3 Å². The SMILES string of the molecule is C=CC(C)NC(=O)NCC(C)(O)c1ccsc1. The molecular weight excluding hydrogens is 236 g/mol. The van der Waals surface area contributed by atoms with Crippen LogP contribution in [0.15, 0.2) is 29.5 Å². The zero-order valence-electron chi connectivity index (χ0n) is 10.1. The number of hydrogen-bond acceptors (Lipinski definition) is 3. The van der Waals surface area contributed by atoms with E-state index in [1.54, 1.807) is 13.0 Å². The van der Waals surface area contributed by atoms with E-state index in [2.05, 4.69) is 17.2 Å². The van der Waals surface area contributed by atoms with Gasteiger partial charge in [-0.15, -0.1) is 6.58 Å².